The first-order chi connectivity index (χ1) is 12.2. The Bertz CT molecular complexity index is 818. The van der Waals surface area contributed by atoms with E-state index in [1.54, 1.807) is 18.0 Å². The van der Waals surface area contributed by atoms with Gasteiger partial charge in [0.05, 0.1) is 6.26 Å². The first-order valence-corrected chi connectivity index (χ1v) is 10.3. The Morgan fingerprint density at radius 3 is 2.76 bits per heavy atom. The highest BCUT2D eigenvalue weighted by Crippen LogP contribution is 2.38. The van der Waals surface area contributed by atoms with E-state index in [0.717, 1.165) is 39.7 Å². The molecule has 0 atom stereocenters. The summed E-state index contributed by atoms with van der Waals surface area (Å²) in [5, 5.41) is 9.76. The van der Waals surface area contributed by atoms with Crippen LogP contribution in [0.2, 0.25) is 0 Å². The molecule has 1 aliphatic rings. The second-order valence-electron chi connectivity index (χ2n) is 6.62. The molecule has 25 heavy (non-hydrogen) atoms. The molecule has 3 aromatic heterocycles. The molecule has 0 amide bonds. The molecule has 3 heterocycles. The highest BCUT2D eigenvalue weighted by atomic mass is 32.2. The van der Waals surface area contributed by atoms with Gasteiger partial charge in [0.25, 0.3) is 0 Å². The van der Waals surface area contributed by atoms with Crippen LogP contribution >= 0.6 is 23.3 Å². The lowest BCUT2D eigenvalue weighted by molar-refractivity contribution is 0.337. The van der Waals surface area contributed by atoms with Crippen molar-refractivity contribution in [2.75, 3.05) is 0 Å². The molecule has 0 saturated heterocycles. The van der Waals surface area contributed by atoms with Gasteiger partial charge >= 0.3 is 0 Å². The van der Waals surface area contributed by atoms with E-state index < -0.39 is 0 Å². The molecule has 6 nitrogen and oxygen atoms in total. The first kappa shape index (κ1) is 16.8. The molecule has 1 aliphatic carbocycles. The zero-order valence-corrected chi connectivity index (χ0v) is 16.0. The van der Waals surface area contributed by atoms with E-state index >= 15 is 0 Å². The lowest BCUT2D eigenvalue weighted by Gasteiger charge is -2.24. The number of hydrogen-bond donors (Lipinski definition) is 0. The third kappa shape index (κ3) is 3.50. The second kappa shape index (κ2) is 7.29. The summed E-state index contributed by atoms with van der Waals surface area (Å²) < 4.78 is 13.2. The summed E-state index contributed by atoms with van der Waals surface area (Å²) >= 11 is 2.99. The van der Waals surface area contributed by atoms with Gasteiger partial charge in [-0.1, -0.05) is 33.1 Å². The van der Waals surface area contributed by atoms with Gasteiger partial charge in [-0.25, -0.2) is 4.98 Å². The van der Waals surface area contributed by atoms with Gasteiger partial charge in [-0.2, -0.15) is 4.37 Å². The molecular formula is C17H21N5OS2. The number of nitrogens with zero attached hydrogens (tertiary/aromatic N) is 5. The highest BCUT2D eigenvalue weighted by molar-refractivity contribution is 8.00. The van der Waals surface area contributed by atoms with Crippen LogP contribution in [0.4, 0.5) is 0 Å². The lowest BCUT2D eigenvalue weighted by atomic mass is 9.95. The van der Waals surface area contributed by atoms with E-state index in [0.29, 0.717) is 12.0 Å². The van der Waals surface area contributed by atoms with Crippen molar-refractivity contribution in [3.8, 4) is 11.6 Å². The third-order valence-corrected chi connectivity index (χ3v) is 6.19. The van der Waals surface area contributed by atoms with Crippen molar-refractivity contribution in [1.29, 1.82) is 0 Å². The van der Waals surface area contributed by atoms with Gasteiger partial charge in [-0.05, 0) is 48.3 Å². The van der Waals surface area contributed by atoms with Gasteiger partial charge in [0.2, 0.25) is 5.82 Å². The Balaban J connectivity index is 1.68. The molecule has 0 aliphatic heterocycles. The molecule has 1 fully saturated rings. The Morgan fingerprint density at radius 2 is 2.08 bits per heavy atom. The standard InChI is InChI=1S/C17H21N5OS2/c1-11(2)14-18-17(25-21-14)24-16-20-19-15(13-9-6-10-23-13)22(16)12-7-4-3-5-8-12/h6,9-12H,3-5,7-8H2,1-2H3. The monoisotopic (exact) mass is 375 g/mol. The molecule has 0 aromatic carbocycles. The third-order valence-electron chi connectivity index (χ3n) is 4.46. The highest BCUT2D eigenvalue weighted by Gasteiger charge is 2.26. The van der Waals surface area contributed by atoms with Crippen LogP contribution < -0.4 is 0 Å². The Hall–Kier alpha value is -1.67. The van der Waals surface area contributed by atoms with Crippen molar-refractivity contribution >= 4 is 23.3 Å². The SMILES string of the molecule is CC(C)c1nsc(Sc2nnc(-c3ccco3)n2C2CCCCC2)n1. The van der Waals surface area contributed by atoms with Crippen LogP contribution in [0.1, 0.15) is 63.7 Å². The van der Waals surface area contributed by atoms with Crippen LogP contribution in [0.15, 0.2) is 32.3 Å². The predicted molar refractivity (Wildman–Crippen MR) is 98.0 cm³/mol. The Labute approximate surface area is 155 Å². The quantitative estimate of drug-likeness (QED) is 0.613. The number of furan rings is 1. The van der Waals surface area contributed by atoms with Gasteiger partial charge in [0, 0.05) is 12.0 Å². The van der Waals surface area contributed by atoms with E-state index in [-0.39, 0.29) is 0 Å². The van der Waals surface area contributed by atoms with Gasteiger partial charge < -0.3 is 4.42 Å². The number of aromatic nitrogens is 5. The number of rotatable bonds is 5. The molecule has 0 unspecified atom stereocenters. The maximum absolute atomic E-state index is 5.59. The Kier molecular flexibility index (Phi) is 4.89. The van der Waals surface area contributed by atoms with Crippen molar-refractivity contribution in [1.82, 2.24) is 24.1 Å². The average Bonchev–Trinajstić information content (AvgIpc) is 3.36. The van der Waals surface area contributed by atoms with E-state index in [4.69, 9.17) is 4.42 Å². The van der Waals surface area contributed by atoms with Crippen LogP contribution in [0, 0.1) is 0 Å². The Morgan fingerprint density at radius 1 is 1.24 bits per heavy atom. The minimum atomic E-state index is 0.334. The zero-order valence-electron chi connectivity index (χ0n) is 14.4. The second-order valence-corrected chi connectivity index (χ2v) is 8.59. The summed E-state index contributed by atoms with van der Waals surface area (Å²) in [6, 6.07) is 4.25. The van der Waals surface area contributed by atoms with Gasteiger partial charge in [0.1, 0.15) is 5.82 Å². The van der Waals surface area contributed by atoms with Crippen LogP contribution in [-0.2, 0) is 0 Å². The normalized spacial score (nSPS) is 16.0. The van der Waals surface area contributed by atoms with Crippen LogP contribution in [0.3, 0.4) is 0 Å². The van der Waals surface area contributed by atoms with Gasteiger partial charge in [-0.15, -0.1) is 10.2 Å². The summed E-state index contributed by atoms with van der Waals surface area (Å²) in [7, 11) is 0. The molecule has 4 rings (SSSR count). The molecule has 0 radical (unpaired) electrons. The largest absolute Gasteiger partial charge is 0.461 e. The van der Waals surface area contributed by atoms with Crippen LogP contribution in [-0.4, -0.2) is 24.1 Å². The van der Waals surface area contributed by atoms with Gasteiger partial charge in [-0.3, -0.25) is 4.57 Å². The lowest BCUT2D eigenvalue weighted by Crippen LogP contribution is -2.15. The van der Waals surface area contributed by atoms with Crippen molar-refractivity contribution in [2.45, 2.75) is 67.4 Å². The molecule has 132 valence electrons. The average molecular weight is 376 g/mol. The molecular weight excluding hydrogens is 354 g/mol. The van der Waals surface area contributed by atoms with Crippen molar-refractivity contribution in [3.05, 3.63) is 24.2 Å². The molecule has 1 saturated carbocycles. The van der Waals surface area contributed by atoms with E-state index in [9.17, 15) is 0 Å². The fraction of sp³-hybridized carbons (Fsp3) is 0.529. The minimum Gasteiger partial charge on any atom is -0.461 e. The van der Waals surface area contributed by atoms with Crippen molar-refractivity contribution in [3.63, 3.8) is 0 Å². The van der Waals surface area contributed by atoms with E-state index in [2.05, 4.69) is 38.0 Å². The molecule has 0 N–H and O–H groups in total. The molecule has 8 heteroatoms. The number of hydrogen-bond acceptors (Lipinski definition) is 7. The topological polar surface area (TPSA) is 69.6 Å². The molecule has 3 aromatic rings. The smallest absolute Gasteiger partial charge is 0.200 e. The summed E-state index contributed by atoms with van der Waals surface area (Å²) in [5.74, 6) is 2.81. The first-order valence-electron chi connectivity index (χ1n) is 8.72. The zero-order chi connectivity index (χ0) is 17.2. The molecule has 0 bridgehead atoms. The van der Waals surface area contributed by atoms with E-state index in [1.165, 1.54) is 30.8 Å². The van der Waals surface area contributed by atoms with Crippen LogP contribution in [0.25, 0.3) is 11.6 Å². The van der Waals surface area contributed by atoms with Crippen molar-refractivity contribution < 1.29 is 4.42 Å². The summed E-state index contributed by atoms with van der Waals surface area (Å²) in [6.07, 6.45) is 7.81. The summed E-state index contributed by atoms with van der Waals surface area (Å²) in [6.45, 7) is 4.21. The maximum atomic E-state index is 5.59. The fourth-order valence-electron chi connectivity index (χ4n) is 3.16. The maximum Gasteiger partial charge on any atom is 0.200 e. The fourth-order valence-corrected chi connectivity index (χ4v) is 4.92. The van der Waals surface area contributed by atoms with Crippen LogP contribution in [0.5, 0.6) is 0 Å². The predicted octanol–water partition coefficient (Wildman–Crippen LogP) is 5.17. The van der Waals surface area contributed by atoms with Crippen molar-refractivity contribution in [2.24, 2.45) is 0 Å². The summed E-state index contributed by atoms with van der Waals surface area (Å²) in [4.78, 5) is 4.63. The summed E-state index contributed by atoms with van der Waals surface area (Å²) in [5.41, 5.74) is 0. The molecule has 0 spiro atoms. The van der Waals surface area contributed by atoms with Gasteiger partial charge in [0.15, 0.2) is 15.3 Å². The van der Waals surface area contributed by atoms with E-state index in [1.807, 2.05) is 12.1 Å². The minimum absolute atomic E-state index is 0.334.